The molecule has 2 rings (SSSR count). The number of ether oxygens (including phenoxy) is 2. The SMILES string of the molecule is [2H]C([2H])(O)c1cnc(C)c2c1COC(C)(C)O2. The lowest BCUT2D eigenvalue weighted by atomic mass is 10.1. The molecule has 2 heterocycles. The van der Waals surface area contributed by atoms with E-state index < -0.39 is 12.3 Å². The smallest absolute Gasteiger partial charge is 0.205 e. The Morgan fingerprint density at radius 2 is 2.40 bits per heavy atom. The van der Waals surface area contributed by atoms with Gasteiger partial charge in [0, 0.05) is 31.2 Å². The highest BCUT2D eigenvalue weighted by Gasteiger charge is 2.30. The lowest BCUT2D eigenvalue weighted by Crippen LogP contribution is -2.36. The van der Waals surface area contributed by atoms with Crippen LogP contribution in [0.5, 0.6) is 5.75 Å². The zero-order chi connectivity index (χ0) is 12.8. The molecule has 4 heteroatoms. The van der Waals surface area contributed by atoms with Gasteiger partial charge in [0.25, 0.3) is 0 Å². The van der Waals surface area contributed by atoms with Crippen molar-refractivity contribution in [2.45, 2.75) is 39.7 Å². The Morgan fingerprint density at radius 1 is 1.67 bits per heavy atom. The maximum Gasteiger partial charge on any atom is 0.205 e. The second-order valence-corrected chi connectivity index (χ2v) is 3.97. The molecule has 1 N–H and O–H groups in total. The maximum absolute atomic E-state index is 9.45. The van der Waals surface area contributed by atoms with Gasteiger partial charge in [-0.15, -0.1) is 0 Å². The Kier molecular flexibility index (Phi) is 1.87. The minimum Gasteiger partial charge on any atom is -0.461 e. The first-order valence-corrected chi connectivity index (χ1v) is 4.75. The second-order valence-electron chi connectivity index (χ2n) is 3.97. The highest BCUT2D eigenvalue weighted by molar-refractivity contribution is 5.42. The zero-order valence-corrected chi connectivity index (χ0v) is 9.00. The fourth-order valence-corrected chi connectivity index (χ4v) is 1.53. The molecule has 15 heavy (non-hydrogen) atoms. The largest absolute Gasteiger partial charge is 0.461 e. The predicted molar refractivity (Wildman–Crippen MR) is 54.4 cm³/mol. The molecule has 82 valence electrons. The summed E-state index contributed by atoms with van der Waals surface area (Å²) in [6.07, 6.45) is 1.32. The van der Waals surface area contributed by atoms with E-state index in [1.165, 1.54) is 6.20 Å². The summed E-state index contributed by atoms with van der Waals surface area (Å²) < 4.78 is 25.8. The molecule has 0 saturated carbocycles. The first-order valence-electron chi connectivity index (χ1n) is 5.75. The molecule has 0 aliphatic carbocycles. The number of aryl methyl sites for hydroxylation is 1. The molecule has 4 nitrogen and oxygen atoms in total. The van der Waals surface area contributed by atoms with Gasteiger partial charge < -0.3 is 14.6 Å². The Labute approximate surface area is 91.7 Å². The number of aromatic nitrogens is 1. The van der Waals surface area contributed by atoms with Gasteiger partial charge in [0.2, 0.25) is 5.79 Å². The molecule has 0 atom stereocenters. The molecular formula is C11H15NO3. The van der Waals surface area contributed by atoms with Crippen LogP contribution in [0.15, 0.2) is 6.20 Å². The van der Waals surface area contributed by atoms with E-state index in [9.17, 15) is 5.11 Å². The van der Waals surface area contributed by atoms with Crippen LogP contribution in [0.3, 0.4) is 0 Å². The number of fused-ring (bicyclic) bond motifs is 1. The van der Waals surface area contributed by atoms with Gasteiger partial charge in [-0.3, -0.25) is 4.98 Å². The van der Waals surface area contributed by atoms with E-state index in [4.69, 9.17) is 12.2 Å². The number of nitrogens with zero attached hydrogens (tertiary/aromatic N) is 1. The Balaban J connectivity index is 2.56. The lowest BCUT2D eigenvalue weighted by Gasteiger charge is -2.33. The first kappa shape index (κ1) is 8.07. The summed E-state index contributed by atoms with van der Waals surface area (Å²) in [6, 6.07) is 0. The standard InChI is InChI=1S/C11H15NO3/c1-7-10-9(8(5-13)4-12-7)6-14-11(2,3)15-10/h4,13H,5-6H2,1-3H3/i5D2. The summed E-state index contributed by atoms with van der Waals surface area (Å²) in [6.45, 7) is 3.07. The molecule has 1 aromatic rings. The second kappa shape index (κ2) is 3.47. The van der Waals surface area contributed by atoms with Crippen LogP contribution < -0.4 is 4.74 Å². The van der Waals surface area contributed by atoms with Crippen molar-refractivity contribution in [2.24, 2.45) is 0 Å². The topological polar surface area (TPSA) is 51.6 Å². The van der Waals surface area contributed by atoms with E-state index in [1.54, 1.807) is 20.8 Å². The van der Waals surface area contributed by atoms with Gasteiger partial charge in [-0.05, 0) is 6.92 Å². The minimum atomic E-state index is -2.45. The van der Waals surface area contributed by atoms with Crippen molar-refractivity contribution in [3.8, 4) is 5.75 Å². The molecule has 0 amide bonds. The van der Waals surface area contributed by atoms with Crippen LogP contribution in [-0.2, 0) is 17.9 Å². The highest BCUT2D eigenvalue weighted by atomic mass is 16.7. The van der Waals surface area contributed by atoms with Crippen molar-refractivity contribution in [2.75, 3.05) is 0 Å². The average molecular weight is 211 g/mol. The van der Waals surface area contributed by atoms with Gasteiger partial charge in [-0.1, -0.05) is 0 Å². The van der Waals surface area contributed by atoms with Crippen molar-refractivity contribution in [3.05, 3.63) is 23.0 Å². The van der Waals surface area contributed by atoms with Gasteiger partial charge in [0.15, 0.2) is 0 Å². The highest BCUT2D eigenvalue weighted by Crippen LogP contribution is 2.34. The Bertz CT molecular complexity index is 455. The number of hydrogen-bond acceptors (Lipinski definition) is 4. The van der Waals surface area contributed by atoms with Crippen LogP contribution >= 0.6 is 0 Å². The fourth-order valence-electron chi connectivity index (χ4n) is 1.53. The molecule has 0 unspecified atom stereocenters. The van der Waals surface area contributed by atoms with Gasteiger partial charge >= 0.3 is 0 Å². The molecule has 0 bridgehead atoms. The van der Waals surface area contributed by atoms with Gasteiger partial charge in [0.1, 0.15) is 5.75 Å². The van der Waals surface area contributed by atoms with E-state index in [2.05, 4.69) is 4.98 Å². The van der Waals surface area contributed by atoms with Crippen molar-refractivity contribution in [3.63, 3.8) is 0 Å². The van der Waals surface area contributed by atoms with Crippen LogP contribution in [0, 0.1) is 6.92 Å². The predicted octanol–water partition coefficient (Wildman–Crippen LogP) is 1.53. The van der Waals surface area contributed by atoms with Crippen molar-refractivity contribution in [1.82, 2.24) is 4.98 Å². The maximum atomic E-state index is 9.45. The summed E-state index contributed by atoms with van der Waals surface area (Å²) in [4.78, 5) is 4.04. The first-order chi connectivity index (χ1) is 7.71. The molecule has 0 spiro atoms. The van der Waals surface area contributed by atoms with Crippen molar-refractivity contribution in [1.29, 1.82) is 0 Å². The van der Waals surface area contributed by atoms with Crippen LogP contribution in [-0.4, -0.2) is 15.9 Å². The third-order valence-electron chi connectivity index (χ3n) is 2.35. The molecule has 1 aromatic heterocycles. The monoisotopic (exact) mass is 211 g/mol. The van der Waals surface area contributed by atoms with Crippen LogP contribution in [0.1, 0.15) is 33.4 Å². The molecular weight excluding hydrogens is 194 g/mol. The summed E-state index contributed by atoms with van der Waals surface area (Å²) in [5.41, 5.74) is 1.27. The molecule has 1 aliphatic heterocycles. The van der Waals surface area contributed by atoms with Crippen LogP contribution in [0.2, 0.25) is 0 Å². The third-order valence-corrected chi connectivity index (χ3v) is 2.35. The molecule has 0 aromatic carbocycles. The minimum absolute atomic E-state index is 0.0913. The van der Waals surface area contributed by atoms with E-state index in [0.717, 1.165) is 0 Å². The normalized spacial score (nSPS) is 21.1. The van der Waals surface area contributed by atoms with Gasteiger partial charge in [-0.2, -0.15) is 0 Å². The number of aliphatic hydroxyl groups is 1. The fraction of sp³-hybridized carbons (Fsp3) is 0.545. The summed E-state index contributed by atoms with van der Waals surface area (Å²) in [5, 5.41) is 9.45. The number of rotatable bonds is 1. The van der Waals surface area contributed by atoms with Crippen LogP contribution in [0.4, 0.5) is 0 Å². The van der Waals surface area contributed by atoms with E-state index >= 15 is 0 Å². The van der Waals surface area contributed by atoms with E-state index in [-0.39, 0.29) is 12.2 Å². The average Bonchev–Trinajstić information content (AvgIpc) is 2.16. The van der Waals surface area contributed by atoms with E-state index in [1.807, 2.05) is 0 Å². The lowest BCUT2D eigenvalue weighted by molar-refractivity contribution is -0.181. The third kappa shape index (κ3) is 1.82. The molecule has 0 saturated heterocycles. The summed E-state index contributed by atoms with van der Waals surface area (Å²) >= 11 is 0. The molecule has 1 aliphatic rings. The summed E-state index contributed by atoms with van der Waals surface area (Å²) in [7, 11) is 0. The zero-order valence-electron chi connectivity index (χ0n) is 11.0. The van der Waals surface area contributed by atoms with Gasteiger partial charge in [0.05, 0.1) is 21.6 Å². The van der Waals surface area contributed by atoms with Crippen molar-refractivity contribution < 1.29 is 17.3 Å². The molecule has 0 radical (unpaired) electrons. The summed E-state index contributed by atoms with van der Waals surface area (Å²) in [5.74, 6) is -0.267. The molecule has 0 fully saturated rings. The van der Waals surface area contributed by atoms with Crippen LogP contribution in [0.25, 0.3) is 0 Å². The van der Waals surface area contributed by atoms with E-state index in [0.29, 0.717) is 17.0 Å². The number of pyridine rings is 1. The quantitative estimate of drug-likeness (QED) is 0.765. The van der Waals surface area contributed by atoms with Gasteiger partial charge in [-0.25, -0.2) is 0 Å². The Morgan fingerprint density at radius 3 is 3.07 bits per heavy atom. The Hall–Kier alpha value is -1.13. The van der Waals surface area contributed by atoms with Crippen molar-refractivity contribution >= 4 is 0 Å². The number of hydrogen-bond donors (Lipinski definition) is 1.